The Hall–Kier alpha value is -2.73. The maximum Gasteiger partial charge on any atom is 0.257 e. The summed E-state index contributed by atoms with van der Waals surface area (Å²) in [6.45, 7) is 6.91. The molecule has 0 fully saturated rings. The van der Waals surface area contributed by atoms with E-state index in [0.29, 0.717) is 23.2 Å². The van der Waals surface area contributed by atoms with Crippen molar-refractivity contribution in [2.75, 3.05) is 10.6 Å². The van der Waals surface area contributed by atoms with E-state index in [4.69, 9.17) is 0 Å². The van der Waals surface area contributed by atoms with E-state index in [-0.39, 0.29) is 5.91 Å². The van der Waals surface area contributed by atoms with Gasteiger partial charge in [-0.3, -0.25) is 10.1 Å². The molecule has 2 N–H and O–H groups in total. The zero-order valence-electron chi connectivity index (χ0n) is 15.8. The minimum Gasteiger partial charge on any atom is -0.381 e. The van der Waals surface area contributed by atoms with Crippen LogP contribution in [-0.4, -0.2) is 16.1 Å². The van der Waals surface area contributed by atoms with Crippen molar-refractivity contribution >= 4 is 28.1 Å². The molecule has 1 heterocycles. The van der Waals surface area contributed by atoms with Gasteiger partial charge in [-0.1, -0.05) is 62.4 Å². The fourth-order valence-electron chi connectivity index (χ4n) is 2.71. The Morgan fingerprint density at radius 3 is 2.67 bits per heavy atom. The zero-order chi connectivity index (χ0) is 19.2. The lowest BCUT2D eigenvalue weighted by Crippen LogP contribution is -2.12. The first kappa shape index (κ1) is 19.0. The molecule has 0 unspecified atom stereocenters. The molecule has 140 valence electrons. The summed E-state index contributed by atoms with van der Waals surface area (Å²) < 4.78 is 0. The van der Waals surface area contributed by atoms with E-state index < -0.39 is 0 Å². The van der Waals surface area contributed by atoms with Gasteiger partial charge in [0.15, 0.2) is 0 Å². The number of benzene rings is 2. The van der Waals surface area contributed by atoms with Crippen LogP contribution in [0.1, 0.15) is 53.2 Å². The smallest absolute Gasteiger partial charge is 0.257 e. The summed E-state index contributed by atoms with van der Waals surface area (Å²) in [5.74, 6) is 0.130. The van der Waals surface area contributed by atoms with Gasteiger partial charge in [0.1, 0.15) is 5.01 Å². The Balaban J connectivity index is 1.66. The summed E-state index contributed by atoms with van der Waals surface area (Å²) in [6.07, 6.45) is 0.978. The van der Waals surface area contributed by atoms with E-state index in [9.17, 15) is 4.79 Å². The number of rotatable bonds is 7. The van der Waals surface area contributed by atoms with E-state index in [0.717, 1.165) is 22.7 Å². The van der Waals surface area contributed by atoms with Crippen LogP contribution in [0.25, 0.3) is 0 Å². The molecule has 0 spiro atoms. The highest BCUT2D eigenvalue weighted by Gasteiger charge is 2.12. The van der Waals surface area contributed by atoms with E-state index in [1.165, 1.54) is 16.9 Å². The van der Waals surface area contributed by atoms with Crippen LogP contribution in [0, 0.1) is 0 Å². The molecular weight excluding hydrogens is 356 g/mol. The Morgan fingerprint density at radius 1 is 1.11 bits per heavy atom. The highest BCUT2D eigenvalue weighted by atomic mass is 32.1. The molecule has 6 heteroatoms. The Kier molecular flexibility index (Phi) is 6.19. The van der Waals surface area contributed by atoms with Crippen LogP contribution in [0.4, 0.5) is 10.8 Å². The van der Waals surface area contributed by atoms with Gasteiger partial charge in [-0.15, -0.1) is 10.2 Å². The highest BCUT2D eigenvalue weighted by molar-refractivity contribution is 7.15. The quantitative estimate of drug-likeness (QED) is 0.599. The van der Waals surface area contributed by atoms with E-state index in [1.54, 1.807) is 0 Å². The van der Waals surface area contributed by atoms with Crippen LogP contribution in [0.5, 0.6) is 0 Å². The first-order chi connectivity index (χ1) is 13.1. The molecule has 2 aromatic carbocycles. The van der Waals surface area contributed by atoms with Gasteiger partial charge in [-0.25, -0.2) is 0 Å². The molecule has 0 saturated heterocycles. The second kappa shape index (κ2) is 8.77. The average molecular weight is 381 g/mol. The minimum absolute atomic E-state index is 0.169. The van der Waals surface area contributed by atoms with Crippen LogP contribution in [0.15, 0.2) is 48.5 Å². The number of nitrogens with one attached hydrogen (secondary N) is 2. The van der Waals surface area contributed by atoms with E-state index >= 15 is 0 Å². The van der Waals surface area contributed by atoms with Gasteiger partial charge in [0.05, 0.1) is 0 Å². The van der Waals surface area contributed by atoms with Crippen molar-refractivity contribution in [3.8, 4) is 0 Å². The topological polar surface area (TPSA) is 66.9 Å². The molecule has 0 aliphatic carbocycles. The molecule has 5 nitrogen and oxygen atoms in total. The first-order valence-electron chi connectivity index (χ1n) is 9.12. The van der Waals surface area contributed by atoms with Gasteiger partial charge in [-0.05, 0) is 35.7 Å². The summed E-state index contributed by atoms with van der Waals surface area (Å²) in [6, 6.07) is 15.9. The largest absolute Gasteiger partial charge is 0.381 e. The number of hydrogen-bond donors (Lipinski definition) is 2. The molecule has 3 rings (SSSR count). The predicted molar refractivity (Wildman–Crippen MR) is 112 cm³/mol. The number of amides is 1. The van der Waals surface area contributed by atoms with Gasteiger partial charge < -0.3 is 5.32 Å². The Morgan fingerprint density at radius 2 is 1.93 bits per heavy atom. The highest BCUT2D eigenvalue weighted by Crippen LogP contribution is 2.23. The molecule has 0 aliphatic rings. The number of hydrogen-bond acceptors (Lipinski definition) is 5. The summed E-state index contributed by atoms with van der Waals surface area (Å²) in [4.78, 5) is 12.5. The molecule has 0 aliphatic heterocycles. The molecule has 1 amide bonds. The van der Waals surface area contributed by atoms with Crippen LogP contribution in [0.3, 0.4) is 0 Å². The fourth-order valence-corrected chi connectivity index (χ4v) is 3.45. The monoisotopic (exact) mass is 380 g/mol. The van der Waals surface area contributed by atoms with Crippen molar-refractivity contribution in [1.29, 1.82) is 0 Å². The van der Waals surface area contributed by atoms with Crippen molar-refractivity contribution in [1.82, 2.24) is 10.2 Å². The maximum absolute atomic E-state index is 12.5. The number of para-hydroxylation sites is 1. The first-order valence-corrected chi connectivity index (χ1v) is 9.94. The third-order valence-electron chi connectivity index (χ3n) is 4.23. The van der Waals surface area contributed by atoms with Crippen molar-refractivity contribution in [2.45, 2.75) is 39.7 Å². The molecule has 0 radical (unpaired) electrons. The SMILES string of the molecule is CCc1ccccc1NCc1cccc(C(=O)Nc2nnc(C(C)C)s2)c1. The third kappa shape index (κ3) is 4.92. The lowest BCUT2D eigenvalue weighted by molar-refractivity contribution is 0.102. The minimum atomic E-state index is -0.169. The van der Waals surface area contributed by atoms with Gasteiger partial charge in [-0.2, -0.15) is 0 Å². The predicted octanol–water partition coefficient (Wildman–Crippen LogP) is 5.09. The molecule has 0 saturated carbocycles. The second-order valence-corrected chi connectivity index (χ2v) is 7.63. The van der Waals surface area contributed by atoms with Gasteiger partial charge >= 0.3 is 0 Å². The Bertz CT molecular complexity index is 920. The number of aromatic nitrogens is 2. The number of nitrogens with zero attached hydrogens (tertiary/aromatic N) is 2. The average Bonchev–Trinajstić information content (AvgIpc) is 3.15. The van der Waals surface area contributed by atoms with E-state index in [1.807, 2.05) is 36.4 Å². The van der Waals surface area contributed by atoms with Gasteiger partial charge in [0, 0.05) is 23.7 Å². The maximum atomic E-state index is 12.5. The van der Waals surface area contributed by atoms with Crippen LogP contribution < -0.4 is 10.6 Å². The molecule has 1 aromatic heterocycles. The number of carbonyl (C=O) groups is 1. The molecule has 3 aromatic rings. The molecule has 0 bridgehead atoms. The summed E-state index contributed by atoms with van der Waals surface area (Å²) >= 11 is 1.41. The van der Waals surface area contributed by atoms with Crippen LogP contribution in [0.2, 0.25) is 0 Å². The molecular formula is C21H24N4OS. The number of carbonyl (C=O) groups excluding carboxylic acids is 1. The fraction of sp³-hybridized carbons (Fsp3) is 0.286. The molecule has 27 heavy (non-hydrogen) atoms. The van der Waals surface area contributed by atoms with Gasteiger partial charge in [0.25, 0.3) is 5.91 Å². The summed E-state index contributed by atoms with van der Waals surface area (Å²) in [5.41, 5.74) is 4.07. The summed E-state index contributed by atoms with van der Waals surface area (Å²) in [7, 11) is 0. The standard InChI is InChI=1S/C21H24N4OS/c1-4-16-9-5-6-11-18(16)22-13-15-8-7-10-17(12-15)19(26)23-21-25-24-20(27-21)14(2)3/h5-12,14,22H,4,13H2,1-3H3,(H,23,25,26). The van der Waals surface area contributed by atoms with E-state index in [2.05, 4.69) is 53.7 Å². The van der Waals surface area contributed by atoms with Crippen molar-refractivity contribution < 1.29 is 4.79 Å². The van der Waals surface area contributed by atoms with Crippen LogP contribution in [-0.2, 0) is 13.0 Å². The van der Waals surface area contributed by atoms with Crippen molar-refractivity contribution in [3.05, 3.63) is 70.2 Å². The third-order valence-corrected chi connectivity index (χ3v) is 5.36. The zero-order valence-corrected chi connectivity index (χ0v) is 16.6. The van der Waals surface area contributed by atoms with Crippen molar-refractivity contribution in [3.63, 3.8) is 0 Å². The summed E-state index contributed by atoms with van der Waals surface area (Å²) in [5, 5.41) is 15.9. The normalized spacial score (nSPS) is 10.8. The Labute approximate surface area is 163 Å². The van der Waals surface area contributed by atoms with Crippen molar-refractivity contribution in [2.24, 2.45) is 0 Å². The lowest BCUT2D eigenvalue weighted by atomic mass is 10.1. The number of anilines is 2. The van der Waals surface area contributed by atoms with Crippen LogP contribution >= 0.6 is 11.3 Å². The number of aryl methyl sites for hydroxylation is 1. The second-order valence-electron chi connectivity index (χ2n) is 6.62. The van der Waals surface area contributed by atoms with Gasteiger partial charge in [0.2, 0.25) is 5.13 Å². The molecule has 0 atom stereocenters. The lowest BCUT2D eigenvalue weighted by Gasteiger charge is -2.11.